The van der Waals surface area contributed by atoms with Gasteiger partial charge >= 0.3 is 0 Å². The normalized spacial score (nSPS) is 17.8. The van der Waals surface area contributed by atoms with E-state index in [-0.39, 0.29) is 0 Å². The maximum atomic E-state index is 4.59. The van der Waals surface area contributed by atoms with Gasteiger partial charge in [-0.25, -0.2) is 0 Å². The van der Waals surface area contributed by atoms with Crippen molar-refractivity contribution in [3.63, 3.8) is 0 Å². The van der Waals surface area contributed by atoms with Crippen molar-refractivity contribution in [1.29, 1.82) is 0 Å². The molecule has 0 amide bonds. The molecule has 1 aliphatic rings. The molecule has 3 heterocycles. The number of nitrogens with zero attached hydrogens (tertiary/aromatic N) is 5. The molecule has 0 unspecified atom stereocenters. The zero-order chi connectivity index (χ0) is 18.5. The van der Waals surface area contributed by atoms with Gasteiger partial charge in [0.2, 0.25) is 0 Å². The summed E-state index contributed by atoms with van der Waals surface area (Å²) in [6.07, 6.45) is 9.95. The number of likely N-dealkylation sites (N-methyl/N-ethyl adjacent to an activating group) is 1. The predicted octanol–water partition coefficient (Wildman–Crippen LogP) is 3.51. The van der Waals surface area contributed by atoms with Gasteiger partial charge in [0.25, 0.3) is 0 Å². The first-order valence-corrected chi connectivity index (χ1v) is 9.87. The molecule has 5 heteroatoms. The first kappa shape index (κ1) is 18.0. The third kappa shape index (κ3) is 4.31. The molecule has 0 bridgehead atoms. The molecular formula is C22H27N5. The van der Waals surface area contributed by atoms with Crippen LogP contribution >= 0.6 is 0 Å². The zero-order valence-corrected chi connectivity index (χ0v) is 16.0. The minimum atomic E-state index is 0.632. The molecule has 1 aliphatic heterocycles. The second-order valence-corrected chi connectivity index (χ2v) is 7.30. The second-order valence-electron chi connectivity index (χ2n) is 7.30. The van der Waals surface area contributed by atoms with Gasteiger partial charge in [-0.1, -0.05) is 25.1 Å². The quantitative estimate of drug-likeness (QED) is 0.644. The van der Waals surface area contributed by atoms with E-state index in [0.29, 0.717) is 6.04 Å². The number of hydrogen-bond acceptors (Lipinski definition) is 5. The molecule has 4 rings (SSSR count). The van der Waals surface area contributed by atoms with Crippen molar-refractivity contribution in [2.75, 3.05) is 19.6 Å². The van der Waals surface area contributed by atoms with Gasteiger partial charge < -0.3 is 0 Å². The minimum absolute atomic E-state index is 0.632. The third-order valence-electron chi connectivity index (χ3n) is 5.48. The van der Waals surface area contributed by atoms with E-state index in [0.717, 1.165) is 37.2 Å². The van der Waals surface area contributed by atoms with E-state index in [4.69, 9.17) is 0 Å². The Hall–Kier alpha value is -2.37. The lowest BCUT2D eigenvalue weighted by atomic mass is 10.1. The average Bonchev–Trinajstić information content (AvgIpc) is 3.16. The van der Waals surface area contributed by atoms with E-state index in [1.807, 2.05) is 24.5 Å². The predicted molar refractivity (Wildman–Crippen MR) is 108 cm³/mol. The van der Waals surface area contributed by atoms with Crippen LogP contribution in [-0.4, -0.2) is 50.4 Å². The summed E-state index contributed by atoms with van der Waals surface area (Å²) < 4.78 is 0. The Kier molecular flexibility index (Phi) is 5.70. The highest BCUT2D eigenvalue weighted by Crippen LogP contribution is 2.22. The highest BCUT2D eigenvalue weighted by atomic mass is 15.2. The Morgan fingerprint density at radius 1 is 1.07 bits per heavy atom. The van der Waals surface area contributed by atoms with Crippen molar-refractivity contribution in [3.05, 3.63) is 66.2 Å². The lowest BCUT2D eigenvalue weighted by molar-refractivity contribution is 0.166. The smallest absolute Gasteiger partial charge is 0.0931 e. The van der Waals surface area contributed by atoms with Crippen molar-refractivity contribution >= 4 is 11.0 Å². The number of pyridine rings is 1. The Morgan fingerprint density at radius 2 is 2.00 bits per heavy atom. The molecule has 2 aromatic heterocycles. The van der Waals surface area contributed by atoms with Crippen LogP contribution in [0.25, 0.3) is 11.0 Å². The molecule has 0 spiro atoms. The van der Waals surface area contributed by atoms with Crippen LogP contribution < -0.4 is 0 Å². The number of rotatable bonds is 7. The molecule has 0 aliphatic carbocycles. The summed E-state index contributed by atoms with van der Waals surface area (Å²) in [5.74, 6) is 0. The van der Waals surface area contributed by atoms with Crippen molar-refractivity contribution in [2.24, 2.45) is 0 Å². The minimum Gasteiger partial charge on any atom is -0.299 e. The summed E-state index contributed by atoms with van der Waals surface area (Å²) in [4.78, 5) is 18.5. The van der Waals surface area contributed by atoms with Crippen molar-refractivity contribution in [3.8, 4) is 0 Å². The number of benzene rings is 1. The van der Waals surface area contributed by atoms with Crippen LogP contribution in [0.5, 0.6) is 0 Å². The Morgan fingerprint density at radius 3 is 2.85 bits per heavy atom. The third-order valence-corrected chi connectivity index (χ3v) is 5.48. The summed E-state index contributed by atoms with van der Waals surface area (Å²) in [5.41, 5.74) is 4.47. The first-order valence-electron chi connectivity index (χ1n) is 9.87. The molecule has 0 saturated carbocycles. The lowest BCUT2D eigenvalue weighted by Gasteiger charge is -2.30. The van der Waals surface area contributed by atoms with Crippen molar-refractivity contribution < 1.29 is 0 Å². The van der Waals surface area contributed by atoms with Crippen LogP contribution in [0.4, 0.5) is 0 Å². The van der Waals surface area contributed by atoms with E-state index >= 15 is 0 Å². The number of likely N-dealkylation sites (tertiary alicyclic amines) is 1. The summed E-state index contributed by atoms with van der Waals surface area (Å²) in [7, 11) is 0. The molecule has 1 aromatic carbocycles. The summed E-state index contributed by atoms with van der Waals surface area (Å²) in [5, 5.41) is 0. The van der Waals surface area contributed by atoms with E-state index in [9.17, 15) is 0 Å². The van der Waals surface area contributed by atoms with Gasteiger partial charge in [0.1, 0.15) is 0 Å². The molecule has 5 nitrogen and oxygen atoms in total. The maximum Gasteiger partial charge on any atom is 0.0931 e. The Balaban J connectivity index is 1.58. The number of aromatic nitrogens is 3. The van der Waals surface area contributed by atoms with Gasteiger partial charge in [0.05, 0.1) is 11.0 Å². The Bertz CT molecular complexity index is 861. The van der Waals surface area contributed by atoms with E-state index in [1.165, 1.54) is 30.5 Å². The van der Waals surface area contributed by atoms with E-state index in [2.05, 4.69) is 49.9 Å². The van der Waals surface area contributed by atoms with Gasteiger partial charge in [-0.05, 0) is 49.2 Å². The van der Waals surface area contributed by atoms with Gasteiger partial charge in [-0.15, -0.1) is 0 Å². The largest absolute Gasteiger partial charge is 0.299 e. The van der Waals surface area contributed by atoms with Gasteiger partial charge in [0, 0.05) is 50.5 Å². The van der Waals surface area contributed by atoms with Crippen LogP contribution in [0, 0.1) is 0 Å². The molecule has 1 saturated heterocycles. The highest BCUT2D eigenvalue weighted by molar-refractivity contribution is 5.77. The fourth-order valence-corrected chi connectivity index (χ4v) is 4.17. The van der Waals surface area contributed by atoms with Gasteiger partial charge in [0.15, 0.2) is 0 Å². The van der Waals surface area contributed by atoms with Gasteiger partial charge in [-0.2, -0.15) is 0 Å². The van der Waals surface area contributed by atoms with Crippen LogP contribution in [0.15, 0.2) is 55.1 Å². The van der Waals surface area contributed by atoms with E-state index in [1.54, 1.807) is 12.4 Å². The van der Waals surface area contributed by atoms with Crippen molar-refractivity contribution in [1.82, 2.24) is 24.8 Å². The Labute approximate surface area is 161 Å². The number of para-hydroxylation sites is 1. The molecule has 0 radical (unpaired) electrons. The van der Waals surface area contributed by atoms with E-state index < -0.39 is 0 Å². The van der Waals surface area contributed by atoms with Crippen LogP contribution in [-0.2, 0) is 13.1 Å². The molecule has 3 aromatic rings. The monoisotopic (exact) mass is 361 g/mol. The molecular weight excluding hydrogens is 334 g/mol. The molecule has 0 N–H and O–H groups in total. The highest BCUT2D eigenvalue weighted by Gasteiger charge is 2.25. The zero-order valence-electron chi connectivity index (χ0n) is 16.0. The second kappa shape index (κ2) is 8.55. The lowest BCUT2D eigenvalue weighted by Crippen LogP contribution is -2.39. The first-order chi connectivity index (χ1) is 13.3. The molecule has 1 fully saturated rings. The molecule has 1 atom stereocenters. The fourth-order valence-electron chi connectivity index (χ4n) is 4.17. The van der Waals surface area contributed by atoms with Crippen LogP contribution in [0.1, 0.15) is 30.9 Å². The molecule has 27 heavy (non-hydrogen) atoms. The van der Waals surface area contributed by atoms with Crippen LogP contribution in [0.2, 0.25) is 0 Å². The van der Waals surface area contributed by atoms with Crippen LogP contribution in [0.3, 0.4) is 0 Å². The fraction of sp³-hybridized carbons (Fsp3) is 0.409. The summed E-state index contributed by atoms with van der Waals surface area (Å²) >= 11 is 0. The SMILES string of the molecule is CCN1CCC[C@H]1CN(Cc1cccnc1)Cc1cccc2nccnc12. The number of fused-ring (bicyclic) bond motifs is 1. The average molecular weight is 361 g/mol. The standard InChI is InChI=1S/C22H27N5/c1-2-27-13-5-8-20(27)17-26(15-18-6-4-10-23-14-18)16-19-7-3-9-21-22(19)25-12-11-24-21/h3-4,6-7,9-12,14,20H,2,5,8,13,15-17H2,1H3/t20-/m0/s1. The maximum absolute atomic E-state index is 4.59. The summed E-state index contributed by atoms with van der Waals surface area (Å²) in [6, 6.07) is 11.1. The summed E-state index contributed by atoms with van der Waals surface area (Å²) in [6.45, 7) is 7.47. The van der Waals surface area contributed by atoms with Gasteiger partial charge in [-0.3, -0.25) is 24.8 Å². The number of hydrogen-bond donors (Lipinski definition) is 0. The van der Waals surface area contributed by atoms with Crippen molar-refractivity contribution in [2.45, 2.75) is 38.9 Å². The topological polar surface area (TPSA) is 45.2 Å². The molecule has 140 valence electrons.